The largest absolute Gasteiger partial charge is 0.462 e. The molecule has 0 radical (unpaired) electrons. The number of esters is 2. The van der Waals surface area contributed by atoms with Crippen molar-refractivity contribution in [2.24, 2.45) is 5.92 Å². The fraction of sp³-hybridized carbons (Fsp3) is 0.200. The van der Waals surface area contributed by atoms with Gasteiger partial charge in [-0.05, 0) is 82.9 Å². The van der Waals surface area contributed by atoms with Crippen LogP contribution in [0.5, 0.6) is 5.75 Å². The normalized spacial score (nSPS) is 11.5. The minimum absolute atomic E-state index is 0.331. The number of carbonyl (C=O) groups excluding carboxylic acids is 2. The van der Waals surface area contributed by atoms with Gasteiger partial charge < -0.3 is 9.47 Å². The standard InChI is InChI=1S/C30H26O4/c1-4-6-21-7-8-23-17-27(12-9-22(23)15-21)30(32)34-28-14-13-24-16-26(11-10-25(24)18-28)29(31)33-19-20(3)5-2/h7-18,20H,5,19H2,1-3H3. The molecule has 4 aromatic carbocycles. The fourth-order valence-electron chi connectivity index (χ4n) is 3.59. The highest BCUT2D eigenvalue weighted by atomic mass is 16.5. The first kappa shape index (κ1) is 23.1. The van der Waals surface area contributed by atoms with Gasteiger partial charge in [-0.15, -0.1) is 5.92 Å². The van der Waals surface area contributed by atoms with Crippen LogP contribution in [0.25, 0.3) is 21.5 Å². The average molecular weight is 451 g/mol. The van der Waals surface area contributed by atoms with Crippen LogP contribution in [0.3, 0.4) is 0 Å². The zero-order valence-corrected chi connectivity index (χ0v) is 19.6. The van der Waals surface area contributed by atoms with Crippen molar-refractivity contribution in [1.82, 2.24) is 0 Å². The molecule has 4 aromatic rings. The lowest BCUT2D eigenvalue weighted by Gasteiger charge is -2.10. The summed E-state index contributed by atoms with van der Waals surface area (Å²) in [5.41, 5.74) is 1.92. The first-order valence-corrected chi connectivity index (χ1v) is 11.4. The van der Waals surface area contributed by atoms with Crippen LogP contribution in [0, 0.1) is 17.8 Å². The summed E-state index contributed by atoms with van der Waals surface area (Å²) in [4.78, 5) is 25.1. The third-order valence-corrected chi connectivity index (χ3v) is 5.80. The molecule has 0 heterocycles. The average Bonchev–Trinajstić information content (AvgIpc) is 2.86. The predicted molar refractivity (Wildman–Crippen MR) is 135 cm³/mol. The van der Waals surface area contributed by atoms with E-state index in [0.29, 0.717) is 29.4 Å². The van der Waals surface area contributed by atoms with E-state index in [1.54, 1.807) is 37.3 Å². The molecule has 0 spiro atoms. The lowest BCUT2D eigenvalue weighted by atomic mass is 10.0. The van der Waals surface area contributed by atoms with Gasteiger partial charge >= 0.3 is 11.9 Å². The summed E-state index contributed by atoms with van der Waals surface area (Å²) in [7, 11) is 0. The molecule has 4 rings (SSSR count). The maximum atomic E-state index is 12.8. The monoisotopic (exact) mass is 450 g/mol. The van der Waals surface area contributed by atoms with Crippen LogP contribution >= 0.6 is 0 Å². The quantitative estimate of drug-likeness (QED) is 0.184. The van der Waals surface area contributed by atoms with Crippen molar-refractivity contribution < 1.29 is 19.1 Å². The van der Waals surface area contributed by atoms with Crippen molar-refractivity contribution in [2.75, 3.05) is 6.61 Å². The molecule has 4 heteroatoms. The number of hydrogen-bond acceptors (Lipinski definition) is 4. The summed E-state index contributed by atoms with van der Waals surface area (Å²) in [6.45, 7) is 6.33. The van der Waals surface area contributed by atoms with Crippen molar-refractivity contribution >= 4 is 33.5 Å². The van der Waals surface area contributed by atoms with Gasteiger partial charge in [-0.2, -0.15) is 0 Å². The molecule has 0 aliphatic rings. The summed E-state index contributed by atoms with van der Waals surface area (Å²) < 4.78 is 11.0. The number of carbonyl (C=O) groups is 2. The van der Waals surface area contributed by atoms with Gasteiger partial charge in [-0.3, -0.25) is 0 Å². The van der Waals surface area contributed by atoms with E-state index in [-0.39, 0.29) is 5.97 Å². The number of hydrogen-bond donors (Lipinski definition) is 0. The Bertz CT molecular complexity index is 1440. The molecule has 1 atom stereocenters. The molecule has 0 aliphatic heterocycles. The van der Waals surface area contributed by atoms with Gasteiger partial charge in [-0.25, -0.2) is 9.59 Å². The highest BCUT2D eigenvalue weighted by Crippen LogP contribution is 2.24. The molecule has 0 fully saturated rings. The van der Waals surface area contributed by atoms with Crippen molar-refractivity contribution in [3.63, 3.8) is 0 Å². The predicted octanol–water partition coefficient (Wildman–Crippen LogP) is 6.79. The molecule has 34 heavy (non-hydrogen) atoms. The Kier molecular flexibility index (Phi) is 6.94. The van der Waals surface area contributed by atoms with Gasteiger partial charge in [0.2, 0.25) is 0 Å². The van der Waals surface area contributed by atoms with E-state index in [2.05, 4.69) is 18.8 Å². The Hall–Kier alpha value is -4.10. The van der Waals surface area contributed by atoms with Crippen LogP contribution in [0.1, 0.15) is 53.5 Å². The van der Waals surface area contributed by atoms with E-state index >= 15 is 0 Å². The fourth-order valence-corrected chi connectivity index (χ4v) is 3.59. The van der Waals surface area contributed by atoms with Crippen LogP contribution < -0.4 is 4.74 Å². The van der Waals surface area contributed by atoms with Gasteiger partial charge in [0.25, 0.3) is 0 Å². The molecule has 4 nitrogen and oxygen atoms in total. The maximum Gasteiger partial charge on any atom is 0.343 e. The van der Waals surface area contributed by atoms with Crippen molar-refractivity contribution in [1.29, 1.82) is 0 Å². The molecule has 0 N–H and O–H groups in total. The van der Waals surface area contributed by atoms with Crippen molar-refractivity contribution in [3.8, 4) is 17.6 Å². The molecule has 0 saturated carbocycles. The van der Waals surface area contributed by atoms with E-state index < -0.39 is 5.97 Å². The molecular formula is C30H26O4. The summed E-state index contributed by atoms with van der Waals surface area (Å²) >= 11 is 0. The molecule has 0 saturated heterocycles. The van der Waals surface area contributed by atoms with Gasteiger partial charge in [0.1, 0.15) is 5.75 Å². The Labute approximate surface area is 199 Å². The topological polar surface area (TPSA) is 52.6 Å². The Morgan fingerprint density at radius 3 is 2.06 bits per heavy atom. The lowest BCUT2D eigenvalue weighted by Crippen LogP contribution is -2.11. The first-order chi connectivity index (χ1) is 16.5. The number of ether oxygens (including phenoxy) is 2. The summed E-state index contributed by atoms with van der Waals surface area (Å²) in [6.07, 6.45) is 0.959. The van der Waals surface area contributed by atoms with Crippen LogP contribution in [0.4, 0.5) is 0 Å². The zero-order chi connectivity index (χ0) is 24.1. The molecule has 0 aromatic heterocycles. The Balaban J connectivity index is 1.49. The first-order valence-electron chi connectivity index (χ1n) is 11.4. The second kappa shape index (κ2) is 10.2. The van der Waals surface area contributed by atoms with Gasteiger partial charge in [-0.1, -0.05) is 50.5 Å². The molecule has 0 bridgehead atoms. The van der Waals surface area contributed by atoms with Crippen LogP contribution in [0.2, 0.25) is 0 Å². The summed E-state index contributed by atoms with van der Waals surface area (Å²) in [5.74, 6) is 5.95. The molecular weight excluding hydrogens is 424 g/mol. The minimum atomic E-state index is -0.427. The van der Waals surface area contributed by atoms with Gasteiger partial charge in [0.05, 0.1) is 17.7 Å². The summed E-state index contributed by atoms with van der Waals surface area (Å²) in [6, 6.07) is 22.1. The zero-order valence-electron chi connectivity index (χ0n) is 19.6. The Morgan fingerprint density at radius 2 is 1.38 bits per heavy atom. The minimum Gasteiger partial charge on any atom is -0.462 e. The second-order valence-corrected chi connectivity index (χ2v) is 8.38. The number of benzene rings is 4. The highest BCUT2D eigenvalue weighted by Gasteiger charge is 2.12. The van der Waals surface area contributed by atoms with Crippen LogP contribution in [-0.4, -0.2) is 18.5 Å². The number of rotatable bonds is 6. The van der Waals surface area contributed by atoms with E-state index in [1.165, 1.54) is 0 Å². The lowest BCUT2D eigenvalue weighted by molar-refractivity contribution is 0.0447. The molecule has 0 aliphatic carbocycles. The van der Waals surface area contributed by atoms with Gasteiger partial charge in [0, 0.05) is 5.56 Å². The molecule has 1 unspecified atom stereocenters. The van der Waals surface area contributed by atoms with E-state index in [4.69, 9.17) is 9.47 Å². The van der Waals surface area contributed by atoms with E-state index in [1.807, 2.05) is 49.4 Å². The van der Waals surface area contributed by atoms with Crippen molar-refractivity contribution in [3.05, 3.63) is 89.5 Å². The molecule has 0 amide bonds. The Morgan fingerprint density at radius 1 is 0.794 bits per heavy atom. The third kappa shape index (κ3) is 5.27. The SMILES string of the molecule is CC#Cc1ccc2cc(C(=O)Oc3ccc4cc(C(=O)OCC(C)CC)ccc4c3)ccc2c1. The third-order valence-electron chi connectivity index (χ3n) is 5.80. The van der Waals surface area contributed by atoms with Crippen LogP contribution in [0.15, 0.2) is 72.8 Å². The summed E-state index contributed by atoms with van der Waals surface area (Å²) in [5, 5.41) is 3.70. The van der Waals surface area contributed by atoms with Crippen molar-refractivity contribution in [2.45, 2.75) is 27.2 Å². The number of fused-ring (bicyclic) bond motifs is 2. The highest BCUT2D eigenvalue weighted by molar-refractivity contribution is 5.98. The second-order valence-electron chi connectivity index (χ2n) is 8.38. The van der Waals surface area contributed by atoms with Gasteiger partial charge in [0.15, 0.2) is 0 Å². The van der Waals surface area contributed by atoms with E-state index in [0.717, 1.165) is 33.5 Å². The van der Waals surface area contributed by atoms with Crippen LogP contribution in [-0.2, 0) is 4.74 Å². The molecule has 170 valence electrons. The van der Waals surface area contributed by atoms with E-state index in [9.17, 15) is 9.59 Å². The smallest absolute Gasteiger partial charge is 0.343 e. The maximum absolute atomic E-state index is 12.8.